The molecule has 0 aliphatic carbocycles. The zero-order valence-electron chi connectivity index (χ0n) is 16.0. The van der Waals surface area contributed by atoms with Gasteiger partial charge in [0.25, 0.3) is 0 Å². The number of carbonyl (C=O) groups is 1. The Kier molecular flexibility index (Phi) is 4.27. The molecule has 4 aliphatic heterocycles. The van der Waals surface area contributed by atoms with Crippen LogP contribution in [0.25, 0.3) is 0 Å². The second-order valence-corrected chi connectivity index (χ2v) is 8.44. The molecule has 3 atom stereocenters. The standard InChI is InChI=1S/C22H28N4O/c1-16-3-5-17(6-4-16)19-15-26(20(27)9-14-25-11-2-10-23-25)21-18-7-12-24(13-8-18)22(19)21/h2-6,10-11,18-19,21-22H,7-9,12-15H2,1H3/t19-,21-,22-/m0/s1. The van der Waals surface area contributed by atoms with Gasteiger partial charge in [-0.1, -0.05) is 29.8 Å². The normalized spacial score (nSPS) is 31.9. The summed E-state index contributed by atoms with van der Waals surface area (Å²) < 4.78 is 1.86. The number of aromatic nitrogens is 2. The number of benzene rings is 1. The molecule has 142 valence electrons. The van der Waals surface area contributed by atoms with Gasteiger partial charge in [0.05, 0.1) is 6.04 Å². The summed E-state index contributed by atoms with van der Waals surface area (Å²) in [6.45, 7) is 6.07. The number of likely N-dealkylation sites (tertiary alicyclic amines) is 1. The lowest BCUT2D eigenvalue weighted by atomic mass is 9.75. The summed E-state index contributed by atoms with van der Waals surface area (Å²) in [5.74, 6) is 1.40. The lowest BCUT2D eigenvalue weighted by Gasteiger charge is -2.51. The van der Waals surface area contributed by atoms with Crippen molar-refractivity contribution < 1.29 is 4.79 Å². The molecule has 0 radical (unpaired) electrons. The van der Waals surface area contributed by atoms with E-state index >= 15 is 0 Å². The second kappa shape index (κ2) is 6.79. The number of fused-ring (bicyclic) bond motifs is 2. The number of piperidine rings is 3. The molecule has 2 bridgehead atoms. The topological polar surface area (TPSA) is 41.4 Å². The van der Waals surface area contributed by atoms with Crippen molar-refractivity contribution in [1.29, 1.82) is 0 Å². The van der Waals surface area contributed by atoms with E-state index in [0.717, 1.165) is 6.54 Å². The van der Waals surface area contributed by atoms with E-state index in [9.17, 15) is 4.79 Å². The smallest absolute Gasteiger partial charge is 0.224 e. The number of carbonyl (C=O) groups excluding carboxylic acids is 1. The first-order chi connectivity index (χ1) is 13.2. The first-order valence-corrected chi connectivity index (χ1v) is 10.3. The molecule has 0 N–H and O–H groups in total. The number of rotatable bonds is 4. The number of amides is 1. The van der Waals surface area contributed by atoms with Crippen molar-refractivity contribution in [2.75, 3.05) is 19.6 Å². The van der Waals surface area contributed by atoms with Crippen LogP contribution >= 0.6 is 0 Å². The van der Waals surface area contributed by atoms with E-state index in [1.165, 1.54) is 37.1 Å². The van der Waals surface area contributed by atoms with Gasteiger partial charge in [-0.05, 0) is 50.4 Å². The zero-order chi connectivity index (χ0) is 18.4. The Hall–Kier alpha value is -2.14. The van der Waals surface area contributed by atoms with E-state index in [1.54, 1.807) is 6.20 Å². The fraction of sp³-hybridized carbons (Fsp3) is 0.545. The maximum Gasteiger partial charge on any atom is 0.224 e. The largest absolute Gasteiger partial charge is 0.337 e. The summed E-state index contributed by atoms with van der Waals surface area (Å²) in [6, 6.07) is 11.8. The lowest BCUT2D eigenvalue weighted by Crippen LogP contribution is -2.60. The van der Waals surface area contributed by atoms with Crippen LogP contribution < -0.4 is 0 Å². The molecule has 0 saturated carbocycles. The van der Waals surface area contributed by atoms with Crippen molar-refractivity contribution in [3.8, 4) is 0 Å². The van der Waals surface area contributed by atoms with Crippen molar-refractivity contribution >= 4 is 5.91 Å². The quantitative estimate of drug-likeness (QED) is 0.838. The van der Waals surface area contributed by atoms with Gasteiger partial charge in [-0.3, -0.25) is 14.4 Å². The fourth-order valence-electron chi connectivity index (χ4n) is 5.60. The van der Waals surface area contributed by atoms with E-state index in [0.29, 0.717) is 42.8 Å². The Morgan fingerprint density at radius 2 is 1.93 bits per heavy atom. The maximum atomic E-state index is 13.2. The van der Waals surface area contributed by atoms with Gasteiger partial charge in [-0.15, -0.1) is 0 Å². The van der Waals surface area contributed by atoms with Gasteiger partial charge in [0.1, 0.15) is 0 Å². The van der Waals surface area contributed by atoms with Crippen molar-refractivity contribution in [3.63, 3.8) is 0 Å². The minimum absolute atomic E-state index is 0.295. The molecule has 1 amide bonds. The molecule has 1 aromatic heterocycles. The summed E-state index contributed by atoms with van der Waals surface area (Å²) in [6.07, 6.45) is 6.73. The third kappa shape index (κ3) is 2.98. The second-order valence-electron chi connectivity index (χ2n) is 8.44. The van der Waals surface area contributed by atoms with E-state index in [1.807, 2.05) is 16.9 Å². The van der Waals surface area contributed by atoms with Gasteiger partial charge >= 0.3 is 0 Å². The zero-order valence-corrected chi connectivity index (χ0v) is 16.0. The highest BCUT2D eigenvalue weighted by Crippen LogP contribution is 2.46. The molecule has 1 aromatic carbocycles. The predicted molar refractivity (Wildman–Crippen MR) is 104 cm³/mol. The van der Waals surface area contributed by atoms with Crippen molar-refractivity contribution in [2.45, 2.75) is 50.7 Å². The molecular formula is C22H28N4O. The van der Waals surface area contributed by atoms with E-state index in [2.05, 4.69) is 46.1 Å². The Bertz CT molecular complexity index is 792. The first-order valence-electron chi connectivity index (χ1n) is 10.3. The first kappa shape index (κ1) is 17.0. The van der Waals surface area contributed by atoms with Gasteiger partial charge in [0, 0.05) is 43.9 Å². The summed E-state index contributed by atoms with van der Waals surface area (Å²) >= 11 is 0. The van der Waals surface area contributed by atoms with Gasteiger partial charge < -0.3 is 4.90 Å². The van der Waals surface area contributed by atoms with E-state index < -0.39 is 0 Å². The lowest BCUT2D eigenvalue weighted by molar-refractivity contribution is -0.136. The molecule has 0 unspecified atom stereocenters. The molecule has 5 heterocycles. The molecule has 5 heteroatoms. The van der Waals surface area contributed by atoms with Gasteiger partial charge in [0.15, 0.2) is 0 Å². The molecule has 4 aliphatic rings. The van der Waals surface area contributed by atoms with Crippen molar-refractivity contribution in [3.05, 3.63) is 53.9 Å². The third-order valence-corrected chi connectivity index (χ3v) is 6.93. The van der Waals surface area contributed by atoms with Crippen molar-refractivity contribution in [2.24, 2.45) is 5.92 Å². The number of aryl methyl sites for hydroxylation is 2. The monoisotopic (exact) mass is 364 g/mol. The van der Waals surface area contributed by atoms with Crippen molar-refractivity contribution in [1.82, 2.24) is 19.6 Å². The Morgan fingerprint density at radius 3 is 2.63 bits per heavy atom. The van der Waals surface area contributed by atoms with E-state index in [4.69, 9.17) is 0 Å². The highest BCUT2D eigenvalue weighted by atomic mass is 16.2. The summed E-state index contributed by atoms with van der Waals surface area (Å²) in [4.78, 5) is 18.1. The molecule has 0 spiro atoms. The van der Waals surface area contributed by atoms with Crippen LogP contribution in [0.4, 0.5) is 0 Å². The van der Waals surface area contributed by atoms with Crippen LogP contribution in [-0.2, 0) is 11.3 Å². The van der Waals surface area contributed by atoms with Gasteiger partial charge in [-0.2, -0.15) is 5.10 Å². The third-order valence-electron chi connectivity index (χ3n) is 6.93. The van der Waals surface area contributed by atoms with Crippen LogP contribution in [0, 0.1) is 12.8 Å². The van der Waals surface area contributed by atoms with Gasteiger partial charge in [0.2, 0.25) is 5.91 Å². The van der Waals surface area contributed by atoms with Crippen LogP contribution in [0.5, 0.6) is 0 Å². The minimum Gasteiger partial charge on any atom is -0.337 e. The maximum absolute atomic E-state index is 13.2. The van der Waals surface area contributed by atoms with Crippen LogP contribution in [0.2, 0.25) is 0 Å². The number of hydrogen-bond acceptors (Lipinski definition) is 3. The summed E-state index contributed by atoms with van der Waals surface area (Å²) in [5.41, 5.74) is 2.69. The Morgan fingerprint density at radius 1 is 1.15 bits per heavy atom. The van der Waals surface area contributed by atoms with Crippen LogP contribution in [0.3, 0.4) is 0 Å². The Balaban J connectivity index is 1.40. The average molecular weight is 364 g/mol. The SMILES string of the molecule is Cc1ccc([C@@H]2CN(C(=O)CCn3cccn3)[C@H]3C4CCN(CC4)[C@@H]23)cc1. The highest BCUT2D eigenvalue weighted by Gasteiger charge is 2.54. The van der Waals surface area contributed by atoms with Crippen LogP contribution in [0.15, 0.2) is 42.7 Å². The number of hydrogen-bond donors (Lipinski definition) is 0. The molecule has 4 saturated heterocycles. The number of nitrogens with zero attached hydrogens (tertiary/aromatic N) is 4. The minimum atomic E-state index is 0.295. The molecule has 27 heavy (non-hydrogen) atoms. The molecule has 5 nitrogen and oxygen atoms in total. The van der Waals surface area contributed by atoms with Crippen LogP contribution in [-0.4, -0.2) is 57.2 Å². The molecule has 4 fully saturated rings. The Labute approximate surface area is 161 Å². The molecule has 2 aromatic rings. The molecular weight excluding hydrogens is 336 g/mol. The highest BCUT2D eigenvalue weighted by molar-refractivity contribution is 5.77. The predicted octanol–water partition coefficient (Wildman–Crippen LogP) is 2.67. The molecule has 6 rings (SSSR count). The summed E-state index contributed by atoms with van der Waals surface area (Å²) in [5, 5.41) is 4.24. The van der Waals surface area contributed by atoms with Gasteiger partial charge in [-0.25, -0.2) is 0 Å². The summed E-state index contributed by atoms with van der Waals surface area (Å²) in [7, 11) is 0. The van der Waals surface area contributed by atoms with Crippen LogP contribution in [0.1, 0.15) is 36.3 Å². The van der Waals surface area contributed by atoms with E-state index in [-0.39, 0.29) is 0 Å². The fourth-order valence-corrected chi connectivity index (χ4v) is 5.60. The average Bonchev–Trinajstić information content (AvgIpc) is 3.37.